The molecule has 0 atom stereocenters. The van der Waals surface area contributed by atoms with Gasteiger partial charge in [0.15, 0.2) is 0 Å². The average Bonchev–Trinajstić information content (AvgIpc) is 2.52. The van der Waals surface area contributed by atoms with Crippen molar-refractivity contribution in [3.05, 3.63) is 34.9 Å². The number of amides is 2. The first-order chi connectivity index (χ1) is 6.75. The molecule has 2 rings (SSSR count). The van der Waals surface area contributed by atoms with Gasteiger partial charge >= 0.3 is 6.03 Å². The highest BCUT2D eigenvalue weighted by Crippen LogP contribution is 2.13. The molecule has 3 nitrogen and oxygen atoms in total. The molecule has 1 radical (unpaired) electrons. The van der Waals surface area contributed by atoms with Crippen molar-refractivity contribution in [2.24, 2.45) is 0 Å². The Morgan fingerprint density at radius 3 is 3.00 bits per heavy atom. The van der Waals surface area contributed by atoms with Crippen LogP contribution in [-0.4, -0.2) is 24.0 Å². The van der Waals surface area contributed by atoms with Crippen LogP contribution in [0.5, 0.6) is 0 Å². The fourth-order valence-electron chi connectivity index (χ4n) is 1.46. The molecule has 4 heteroatoms. The molecule has 0 aliphatic carbocycles. The SMILES string of the molecule is O=C1[N]CCN1Cc1cccc(Cl)c1. The molecule has 1 saturated heterocycles. The van der Waals surface area contributed by atoms with Gasteiger partial charge in [0.05, 0.1) is 6.54 Å². The third-order valence-corrected chi connectivity index (χ3v) is 2.39. The minimum absolute atomic E-state index is 0.120. The van der Waals surface area contributed by atoms with Crippen LogP contribution in [0.25, 0.3) is 0 Å². The van der Waals surface area contributed by atoms with Crippen molar-refractivity contribution in [3.8, 4) is 0 Å². The van der Waals surface area contributed by atoms with E-state index < -0.39 is 0 Å². The van der Waals surface area contributed by atoms with Crippen molar-refractivity contribution in [1.29, 1.82) is 0 Å². The largest absolute Gasteiger partial charge is 0.339 e. The molecule has 73 valence electrons. The van der Waals surface area contributed by atoms with E-state index in [-0.39, 0.29) is 6.03 Å². The van der Waals surface area contributed by atoms with Gasteiger partial charge in [-0.2, -0.15) is 0 Å². The van der Waals surface area contributed by atoms with Crippen molar-refractivity contribution in [2.45, 2.75) is 6.54 Å². The van der Waals surface area contributed by atoms with Gasteiger partial charge in [-0.15, -0.1) is 0 Å². The lowest BCUT2D eigenvalue weighted by Gasteiger charge is -2.13. The Balaban J connectivity index is 2.07. The monoisotopic (exact) mass is 209 g/mol. The smallest absolute Gasteiger partial charge is 0.317 e. The van der Waals surface area contributed by atoms with Gasteiger partial charge < -0.3 is 4.90 Å². The lowest BCUT2D eigenvalue weighted by molar-refractivity contribution is 0.215. The first-order valence-corrected chi connectivity index (χ1v) is 4.84. The molecule has 0 spiro atoms. The van der Waals surface area contributed by atoms with E-state index in [1.807, 2.05) is 24.3 Å². The Morgan fingerprint density at radius 2 is 2.36 bits per heavy atom. The molecule has 1 aromatic carbocycles. The summed E-state index contributed by atoms with van der Waals surface area (Å²) in [5, 5.41) is 4.49. The third-order valence-electron chi connectivity index (χ3n) is 2.15. The zero-order valence-electron chi connectivity index (χ0n) is 7.61. The molecule has 1 fully saturated rings. The maximum absolute atomic E-state index is 11.2. The molecule has 0 bridgehead atoms. The molecule has 0 unspecified atom stereocenters. The molecule has 0 aromatic heterocycles. The van der Waals surface area contributed by atoms with E-state index in [0.717, 1.165) is 5.56 Å². The molecule has 2 amide bonds. The van der Waals surface area contributed by atoms with E-state index in [9.17, 15) is 4.79 Å². The Labute approximate surface area is 87.7 Å². The molecule has 1 aliphatic heterocycles. The highest BCUT2D eigenvalue weighted by Gasteiger charge is 2.20. The van der Waals surface area contributed by atoms with Crippen LogP contribution in [0.2, 0.25) is 5.02 Å². The molecular weight excluding hydrogens is 200 g/mol. The van der Waals surface area contributed by atoms with Gasteiger partial charge in [0.1, 0.15) is 0 Å². The summed E-state index contributed by atoms with van der Waals surface area (Å²) in [7, 11) is 0. The fourth-order valence-corrected chi connectivity index (χ4v) is 1.68. The molecule has 1 aliphatic rings. The van der Waals surface area contributed by atoms with E-state index in [4.69, 9.17) is 11.6 Å². The van der Waals surface area contributed by atoms with Crippen molar-refractivity contribution in [2.75, 3.05) is 13.1 Å². The maximum Gasteiger partial charge on any atom is 0.339 e. The minimum Gasteiger partial charge on any atom is -0.317 e. The average molecular weight is 210 g/mol. The van der Waals surface area contributed by atoms with Gasteiger partial charge in [-0.1, -0.05) is 23.7 Å². The van der Waals surface area contributed by atoms with Crippen LogP contribution < -0.4 is 5.32 Å². The molecule has 0 saturated carbocycles. The van der Waals surface area contributed by atoms with E-state index >= 15 is 0 Å². The summed E-state index contributed by atoms with van der Waals surface area (Å²) < 4.78 is 0. The van der Waals surface area contributed by atoms with Crippen molar-refractivity contribution < 1.29 is 4.79 Å². The predicted molar refractivity (Wildman–Crippen MR) is 54.3 cm³/mol. The van der Waals surface area contributed by atoms with Crippen LogP contribution in [0.15, 0.2) is 24.3 Å². The number of carbonyl (C=O) groups is 1. The zero-order chi connectivity index (χ0) is 9.97. The fraction of sp³-hybridized carbons (Fsp3) is 0.300. The van der Waals surface area contributed by atoms with E-state index in [0.29, 0.717) is 24.7 Å². The second-order valence-corrected chi connectivity index (χ2v) is 3.65. The van der Waals surface area contributed by atoms with E-state index in [1.165, 1.54) is 0 Å². The van der Waals surface area contributed by atoms with Crippen molar-refractivity contribution in [3.63, 3.8) is 0 Å². The van der Waals surface area contributed by atoms with Crippen LogP contribution in [0.4, 0.5) is 4.79 Å². The highest BCUT2D eigenvalue weighted by atomic mass is 35.5. The number of hydrogen-bond donors (Lipinski definition) is 0. The lowest BCUT2D eigenvalue weighted by Crippen LogP contribution is -2.25. The molecule has 1 heterocycles. The number of nitrogens with zero attached hydrogens (tertiary/aromatic N) is 2. The molecule has 1 aromatic rings. The van der Waals surface area contributed by atoms with Gasteiger partial charge in [-0.3, -0.25) is 0 Å². The second kappa shape index (κ2) is 3.88. The van der Waals surface area contributed by atoms with Gasteiger partial charge in [-0.05, 0) is 17.7 Å². The Hall–Kier alpha value is -1.22. The van der Waals surface area contributed by atoms with Crippen LogP contribution in [-0.2, 0) is 6.54 Å². The number of benzene rings is 1. The molecule has 14 heavy (non-hydrogen) atoms. The summed E-state index contributed by atoms with van der Waals surface area (Å²) >= 11 is 5.84. The number of carbonyl (C=O) groups excluding carboxylic acids is 1. The van der Waals surface area contributed by atoms with Crippen LogP contribution >= 0.6 is 11.6 Å². The van der Waals surface area contributed by atoms with Gasteiger partial charge in [-0.25, -0.2) is 10.1 Å². The quantitative estimate of drug-likeness (QED) is 0.733. The van der Waals surface area contributed by atoms with E-state index in [1.54, 1.807) is 4.90 Å². The van der Waals surface area contributed by atoms with Crippen LogP contribution in [0, 0.1) is 0 Å². The highest BCUT2D eigenvalue weighted by molar-refractivity contribution is 6.30. The van der Waals surface area contributed by atoms with Crippen LogP contribution in [0.1, 0.15) is 5.56 Å². The first kappa shape index (κ1) is 9.34. The summed E-state index contributed by atoms with van der Waals surface area (Å²) in [6.45, 7) is 1.92. The lowest BCUT2D eigenvalue weighted by atomic mass is 10.2. The topological polar surface area (TPSA) is 34.4 Å². The number of urea groups is 1. The summed E-state index contributed by atoms with van der Waals surface area (Å²) in [5.74, 6) is 0. The van der Waals surface area contributed by atoms with Crippen LogP contribution in [0.3, 0.4) is 0 Å². The number of rotatable bonds is 2. The minimum atomic E-state index is -0.120. The number of halogens is 1. The van der Waals surface area contributed by atoms with Gasteiger partial charge in [0.25, 0.3) is 0 Å². The zero-order valence-corrected chi connectivity index (χ0v) is 8.37. The van der Waals surface area contributed by atoms with Crippen molar-refractivity contribution in [1.82, 2.24) is 10.2 Å². The maximum atomic E-state index is 11.2. The standard InChI is InChI=1S/C10H10ClN2O/c11-9-3-1-2-8(6-9)7-13-5-4-12-10(13)14/h1-3,6H,4-5,7H2. The second-order valence-electron chi connectivity index (χ2n) is 3.22. The Kier molecular flexibility index (Phi) is 2.59. The summed E-state index contributed by atoms with van der Waals surface area (Å²) in [5.41, 5.74) is 1.04. The van der Waals surface area contributed by atoms with E-state index in [2.05, 4.69) is 5.32 Å². The first-order valence-electron chi connectivity index (χ1n) is 4.46. The van der Waals surface area contributed by atoms with Gasteiger partial charge in [0, 0.05) is 18.1 Å². The molecule has 0 N–H and O–H groups in total. The molecular formula is C10H10ClN2O. The third kappa shape index (κ3) is 1.99. The predicted octanol–water partition coefficient (Wildman–Crippen LogP) is 1.88. The Morgan fingerprint density at radius 1 is 1.50 bits per heavy atom. The number of hydrogen-bond acceptors (Lipinski definition) is 1. The summed E-state index contributed by atoms with van der Waals surface area (Å²) in [6, 6.07) is 7.41. The summed E-state index contributed by atoms with van der Waals surface area (Å²) in [4.78, 5) is 12.9. The van der Waals surface area contributed by atoms with Gasteiger partial charge in [0.2, 0.25) is 0 Å². The Bertz CT molecular complexity index is 354. The van der Waals surface area contributed by atoms with Crippen molar-refractivity contribution >= 4 is 17.6 Å². The normalized spacial score (nSPS) is 15.8. The summed E-state index contributed by atoms with van der Waals surface area (Å²) in [6.07, 6.45) is 0.